The van der Waals surface area contributed by atoms with Gasteiger partial charge >= 0.3 is 6.18 Å². The first-order valence-corrected chi connectivity index (χ1v) is 7.17. The number of hydrogen-bond donors (Lipinski definition) is 0. The first-order chi connectivity index (χ1) is 9.93. The summed E-state index contributed by atoms with van der Waals surface area (Å²) in [5, 5.41) is 0. The molecule has 0 aliphatic carbocycles. The molecule has 0 aliphatic heterocycles. The fourth-order valence-electron chi connectivity index (χ4n) is 1.96. The van der Waals surface area contributed by atoms with Gasteiger partial charge in [0.05, 0.1) is 5.56 Å². The third-order valence-corrected chi connectivity index (χ3v) is 3.59. The molecule has 1 rings (SSSR count). The molecule has 1 unspecified atom stereocenters. The highest BCUT2D eigenvalue weighted by atomic mass is 19.4. The number of benzene rings is 1. The zero-order valence-corrected chi connectivity index (χ0v) is 13.3. The molecule has 2 nitrogen and oxygen atoms in total. The maximum Gasteiger partial charge on any atom is 0.416 e. The fourth-order valence-corrected chi connectivity index (χ4v) is 1.96. The van der Waals surface area contributed by atoms with Crippen LogP contribution < -0.4 is 0 Å². The summed E-state index contributed by atoms with van der Waals surface area (Å²) in [4.78, 5) is 24.0. The van der Waals surface area contributed by atoms with Gasteiger partial charge in [-0.15, -0.1) is 0 Å². The van der Waals surface area contributed by atoms with E-state index in [-0.39, 0.29) is 23.6 Å². The molecular formula is C17H21F3O2. The van der Waals surface area contributed by atoms with Crippen molar-refractivity contribution in [2.45, 2.75) is 46.7 Å². The van der Waals surface area contributed by atoms with Crippen LogP contribution in [0.5, 0.6) is 0 Å². The molecule has 0 N–H and O–H groups in total. The Labute approximate surface area is 128 Å². The van der Waals surface area contributed by atoms with E-state index in [0.29, 0.717) is 6.42 Å². The van der Waals surface area contributed by atoms with Crippen molar-refractivity contribution in [1.29, 1.82) is 0 Å². The van der Waals surface area contributed by atoms with Crippen LogP contribution in [-0.4, -0.2) is 11.6 Å². The van der Waals surface area contributed by atoms with E-state index in [1.54, 1.807) is 6.92 Å². The lowest BCUT2D eigenvalue weighted by Crippen LogP contribution is -2.22. The van der Waals surface area contributed by atoms with Crippen LogP contribution >= 0.6 is 0 Å². The van der Waals surface area contributed by atoms with Gasteiger partial charge in [-0.2, -0.15) is 13.2 Å². The lowest BCUT2D eigenvalue weighted by atomic mass is 9.85. The molecule has 0 saturated heterocycles. The summed E-state index contributed by atoms with van der Waals surface area (Å²) in [5.41, 5.74) is -0.986. The molecule has 1 aromatic carbocycles. The van der Waals surface area contributed by atoms with Gasteiger partial charge in [0.2, 0.25) is 0 Å². The lowest BCUT2D eigenvalue weighted by Gasteiger charge is -2.18. The maximum atomic E-state index is 12.5. The predicted molar refractivity (Wildman–Crippen MR) is 78.6 cm³/mol. The normalized spacial score (nSPS) is 13.8. The zero-order valence-electron chi connectivity index (χ0n) is 13.3. The number of ketones is 2. The molecule has 0 aliphatic rings. The molecule has 122 valence electrons. The molecule has 22 heavy (non-hydrogen) atoms. The second-order valence-electron chi connectivity index (χ2n) is 6.55. The Morgan fingerprint density at radius 2 is 1.55 bits per heavy atom. The summed E-state index contributed by atoms with van der Waals surface area (Å²) in [6, 6.07) is 4.18. The minimum absolute atomic E-state index is 0.0690. The van der Waals surface area contributed by atoms with Crippen molar-refractivity contribution < 1.29 is 22.8 Å². The van der Waals surface area contributed by atoms with Crippen molar-refractivity contribution in [1.82, 2.24) is 0 Å². The van der Waals surface area contributed by atoms with Crippen molar-refractivity contribution in [2.24, 2.45) is 11.3 Å². The minimum atomic E-state index is -4.41. The number of alkyl halides is 3. The van der Waals surface area contributed by atoms with Crippen molar-refractivity contribution in [3.8, 4) is 0 Å². The highest BCUT2D eigenvalue weighted by molar-refractivity contribution is 5.98. The Morgan fingerprint density at radius 1 is 1.05 bits per heavy atom. The van der Waals surface area contributed by atoms with Gasteiger partial charge in [0.1, 0.15) is 5.78 Å². The van der Waals surface area contributed by atoms with Crippen LogP contribution in [0.25, 0.3) is 0 Å². The molecule has 1 aromatic rings. The summed E-state index contributed by atoms with van der Waals surface area (Å²) in [5.74, 6) is -0.571. The third kappa shape index (κ3) is 4.97. The molecule has 0 amide bonds. The van der Waals surface area contributed by atoms with E-state index in [1.165, 1.54) is 12.1 Å². The van der Waals surface area contributed by atoms with E-state index < -0.39 is 23.1 Å². The zero-order chi connectivity index (χ0) is 17.1. The van der Waals surface area contributed by atoms with Gasteiger partial charge in [0.15, 0.2) is 5.78 Å². The predicted octanol–water partition coefficient (Wildman–Crippen LogP) is 4.92. The van der Waals surface area contributed by atoms with Gasteiger partial charge in [-0.25, -0.2) is 0 Å². The Balaban J connectivity index is 2.69. The summed E-state index contributed by atoms with van der Waals surface area (Å²) >= 11 is 0. The molecule has 0 radical (unpaired) electrons. The molecule has 0 fully saturated rings. The first kappa shape index (κ1) is 18.4. The van der Waals surface area contributed by atoms with E-state index in [0.717, 1.165) is 12.1 Å². The molecule has 0 aromatic heterocycles. The van der Waals surface area contributed by atoms with Crippen molar-refractivity contribution in [3.05, 3.63) is 35.4 Å². The average molecular weight is 314 g/mol. The number of Topliss-reactive ketones (excluding diaryl/α,β-unsaturated/α-hetero) is 2. The highest BCUT2D eigenvalue weighted by Gasteiger charge is 2.30. The van der Waals surface area contributed by atoms with Crippen molar-refractivity contribution in [2.75, 3.05) is 0 Å². The van der Waals surface area contributed by atoms with Crippen LogP contribution in [0, 0.1) is 11.3 Å². The van der Waals surface area contributed by atoms with Crippen LogP contribution in [0.15, 0.2) is 24.3 Å². The molecular weight excluding hydrogens is 293 g/mol. The van der Waals surface area contributed by atoms with Crippen LogP contribution in [0.4, 0.5) is 13.2 Å². The minimum Gasteiger partial charge on any atom is -0.299 e. The Hall–Kier alpha value is -1.65. The van der Waals surface area contributed by atoms with E-state index in [2.05, 4.69) is 0 Å². The lowest BCUT2D eigenvalue weighted by molar-refractivity contribution is -0.137. The number of halogens is 3. The van der Waals surface area contributed by atoms with Crippen LogP contribution in [-0.2, 0) is 11.0 Å². The number of hydrogen-bond acceptors (Lipinski definition) is 2. The molecule has 0 bridgehead atoms. The van der Waals surface area contributed by atoms with Crippen LogP contribution in [0.1, 0.15) is 56.5 Å². The van der Waals surface area contributed by atoms with Gasteiger partial charge < -0.3 is 0 Å². The molecule has 1 atom stereocenters. The second-order valence-corrected chi connectivity index (χ2v) is 6.55. The van der Waals surface area contributed by atoms with Gasteiger partial charge in [0, 0.05) is 23.3 Å². The van der Waals surface area contributed by atoms with Gasteiger partial charge in [0.25, 0.3) is 0 Å². The molecule has 0 spiro atoms. The van der Waals surface area contributed by atoms with Crippen molar-refractivity contribution >= 4 is 11.6 Å². The van der Waals surface area contributed by atoms with E-state index in [4.69, 9.17) is 0 Å². The fraction of sp³-hybridized carbons (Fsp3) is 0.529. The third-order valence-electron chi connectivity index (χ3n) is 3.59. The SMILES string of the molecule is CC(CCC(=O)C(C)(C)C)C(=O)c1ccc(C(F)(F)F)cc1. The summed E-state index contributed by atoms with van der Waals surface area (Å²) in [7, 11) is 0. The van der Waals surface area contributed by atoms with Gasteiger partial charge in [-0.3, -0.25) is 9.59 Å². The van der Waals surface area contributed by atoms with Crippen LogP contribution in [0.2, 0.25) is 0 Å². The number of carbonyl (C=O) groups is 2. The van der Waals surface area contributed by atoms with E-state index in [1.807, 2.05) is 20.8 Å². The average Bonchev–Trinajstić information content (AvgIpc) is 2.41. The first-order valence-electron chi connectivity index (χ1n) is 7.17. The van der Waals surface area contributed by atoms with Gasteiger partial charge in [-0.1, -0.05) is 39.8 Å². The van der Waals surface area contributed by atoms with E-state index in [9.17, 15) is 22.8 Å². The largest absolute Gasteiger partial charge is 0.416 e. The quantitative estimate of drug-likeness (QED) is 0.723. The second kappa shape index (κ2) is 6.63. The van der Waals surface area contributed by atoms with E-state index >= 15 is 0 Å². The van der Waals surface area contributed by atoms with Gasteiger partial charge in [-0.05, 0) is 18.6 Å². The molecule has 0 heterocycles. The topological polar surface area (TPSA) is 34.1 Å². The monoisotopic (exact) mass is 314 g/mol. The Kier molecular flexibility index (Phi) is 5.54. The van der Waals surface area contributed by atoms with Crippen molar-refractivity contribution in [3.63, 3.8) is 0 Å². The molecule has 5 heteroatoms. The highest BCUT2D eigenvalue weighted by Crippen LogP contribution is 2.29. The summed E-state index contributed by atoms with van der Waals surface area (Å²) in [6.07, 6.45) is -3.72. The smallest absolute Gasteiger partial charge is 0.299 e. The maximum absolute atomic E-state index is 12.5. The summed E-state index contributed by atoms with van der Waals surface area (Å²) < 4.78 is 37.4. The Morgan fingerprint density at radius 3 is 1.95 bits per heavy atom. The number of rotatable bonds is 5. The van der Waals surface area contributed by atoms with Crippen LogP contribution in [0.3, 0.4) is 0 Å². The number of carbonyl (C=O) groups excluding carboxylic acids is 2. The summed E-state index contributed by atoms with van der Waals surface area (Å²) in [6.45, 7) is 7.14. The molecule has 0 saturated carbocycles. The Bertz CT molecular complexity index is 537. The standard InChI is InChI=1S/C17H21F3O2/c1-11(5-10-14(21)16(2,3)4)15(22)12-6-8-13(9-7-12)17(18,19)20/h6-9,11H,5,10H2,1-4H3.